The van der Waals surface area contributed by atoms with Crippen LogP contribution < -0.4 is 0 Å². The van der Waals surface area contributed by atoms with Gasteiger partial charge >= 0.3 is 0 Å². The van der Waals surface area contributed by atoms with E-state index >= 15 is 0 Å². The van der Waals surface area contributed by atoms with Crippen LogP contribution in [0.5, 0.6) is 0 Å². The maximum Gasteiger partial charge on any atom is 0.216 e. The molecule has 2 aliphatic heterocycles. The minimum absolute atomic E-state index is 0.254. The topological polar surface area (TPSA) is 43.2 Å². The van der Waals surface area contributed by atoms with Crippen LogP contribution in [0.15, 0.2) is 156 Å². The van der Waals surface area contributed by atoms with Crippen molar-refractivity contribution >= 4 is 22.6 Å². The molecule has 0 N–H and O–H groups in total. The van der Waals surface area contributed by atoms with Crippen molar-refractivity contribution in [2.45, 2.75) is 44.3 Å². The van der Waals surface area contributed by atoms with E-state index in [9.17, 15) is 0 Å². The molecule has 2 heterocycles. The van der Waals surface area contributed by atoms with E-state index in [0.29, 0.717) is 13.1 Å². The number of benzene rings is 7. The van der Waals surface area contributed by atoms with Crippen molar-refractivity contribution < 1.29 is 9.47 Å². The van der Waals surface area contributed by atoms with Crippen LogP contribution in [0.2, 0.25) is 0 Å². The minimum Gasteiger partial charge on any atom is -0.469 e. The maximum atomic E-state index is 6.15. The Kier molecular flexibility index (Phi) is 6.66. The monoisotopic (exact) mass is 712 g/mol. The second-order valence-electron chi connectivity index (χ2n) is 16.6. The predicted octanol–water partition coefficient (Wildman–Crippen LogP) is 11.6. The summed E-state index contributed by atoms with van der Waals surface area (Å²) >= 11 is 0. The molecule has 0 radical (unpaired) electrons. The first kappa shape index (κ1) is 32.2. The smallest absolute Gasteiger partial charge is 0.216 e. The molecule has 0 aromatic heterocycles. The molecule has 2 aliphatic carbocycles. The van der Waals surface area contributed by atoms with Crippen LogP contribution in [0.25, 0.3) is 55.3 Å². The van der Waals surface area contributed by atoms with Crippen molar-refractivity contribution in [3.63, 3.8) is 0 Å². The molecule has 11 rings (SSSR count). The lowest BCUT2D eigenvalue weighted by Crippen LogP contribution is -2.26. The summed E-state index contributed by atoms with van der Waals surface area (Å²) in [5.74, 6) is 1.45. The summed E-state index contributed by atoms with van der Waals surface area (Å²) in [7, 11) is 0. The highest BCUT2D eigenvalue weighted by Crippen LogP contribution is 2.64. The first-order valence-corrected chi connectivity index (χ1v) is 19.3. The predicted molar refractivity (Wildman–Crippen MR) is 224 cm³/mol. The zero-order valence-corrected chi connectivity index (χ0v) is 31.5. The number of aliphatic imine (C=N–C) groups is 2. The third kappa shape index (κ3) is 4.77. The normalized spacial score (nSPS) is 17.5. The quantitative estimate of drug-likeness (QED) is 0.182. The highest BCUT2D eigenvalue weighted by molar-refractivity contribution is 6.05. The highest BCUT2D eigenvalue weighted by Gasteiger charge is 2.52. The van der Waals surface area contributed by atoms with Crippen molar-refractivity contribution in [1.29, 1.82) is 0 Å². The maximum absolute atomic E-state index is 6.15. The van der Waals surface area contributed by atoms with Gasteiger partial charge in [-0.25, -0.2) is 9.98 Å². The number of nitrogens with zero attached hydrogens (tertiary/aromatic N) is 2. The molecule has 0 bridgehead atoms. The second kappa shape index (κ2) is 11.4. The van der Waals surface area contributed by atoms with Crippen molar-refractivity contribution in [2.75, 3.05) is 13.1 Å². The van der Waals surface area contributed by atoms with Crippen molar-refractivity contribution in [3.05, 3.63) is 179 Å². The number of hydrogen-bond acceptors (Lipinski definition) is 4. The van der Waals surface area contributed by atoms with Crippen molar-refractivity contribution in [1.82, 2.24) is 0 Å². The molecule has 0 saturated carbocycles. The van der Waals surface area contributed by atoms with Gasteiger partial charge in [0.15, 0.2) is 0 Å². The van der Waals surface area contributed by atoms with Gasteiger partial charge in [-0.1, -0.05) is 109 Å². The van der Waals surface area contributed by atoms with E-state index in [4.69, 9.17) is 9.47 Å². The highest BCUT2D eigenvalue weighted by atomic mass is 16.5. The van der Waals surface area contributed by atoms with Gasteiger partial charge in [-0.15, -0.1) is 0 Å². The van der Waals surface area contributed by atoms with Gasteiger partial charge < -0.3 is 9.47 Å². The standard InChI is InChI=1S/C51H40N2O2/c1-49(2)29-52-47(54-49)33-17-13-31(14-18-33)35-21-24-38-37(27-35)23-26-42-41-25-22-36(32-15-19-34(20-16-32)48-53-30-50(3,4)55-48)28-45(41)51(46(38)42)43-11-7-5-9-39(43)40-10-6-8-12-44(40)51/h5-28H,29-30H2,1-4H3. The summed E-state index contributed by atoms with van der Waals surface area (Å²) < 4.78 is 12.3. The molecule has 4 nitrogen and oxygen atoms in total. The Morgan fingerprint density at radius 1 is 0.418 bits per heavy atom. The Hall–Kier alpha value is -6.26. The fraction of sp³-hybridized carbons (Fsp3) is 0.176. The molecule has 7 aromatic carbocycles. The van der Waals surface area contributed by atoms with E-state index in [1.807, 2.05) is 0 Å². The number of ether oxygens (including phenoxy) is 2. The van der Waals surface area contributed by atoms with Crippen LogP contribution in [0.3, 0.4) is 0 Å². The van der Waals surface area contributed by atoms with Gasteiger partial charge in [-0.05, 0) is 142 Å². The van der Waals surface area contributed by atoms with E-state index in [1.165, 1.54) is 77.5 Å². The van der Waals surface area contributed by atoms with Gasteiger partial charge in [0.2, 0.25) is 11.8 Å². The van der Waals surface area contributed by atoms with Crippen LogP contribution in [0.1, 0.15) is 61.1 Å². The molecule has 266 valence electrons. The van der Waals surface area contributed by atoms with E-state index in [2.05, 4.69) is 183 Å². The van der Waals surface area contributed by atoms with E-state index in [1.54, 1.807) is 0 Å². The number of rotatable bonds is 4. The number of hydrogen-bond donors (Lipinski definition) is 0. The van der Waals surface area contributed by atoms with Crippen molar-refractivity contribution in [3.8, 4) is 44.5 Å². The van der Waals surface area contributed by atoms with Crippen molar-refractivity contribution in [2.24, 2.45) is 9.98 Å². The third-order valence-corrected chi connectivity index (χ3v) is 11.9. The Bertz CT molecular complexity index is 2760. The molecule has 1 spiro atoms. The van der Waals surface area contributed by atoms with Crippen LogP contribution in [-0.4, -0.2) is 36.1 Å². The van der Waals surface area contributed by atoms with Crippen LogP contribution >= 0.6 is 0 Å². The molecular weight excluding hydrogens is 673 g/mol. The van der Waals surface area contributed by atoms with Gasteiger partial charge in [0, 0.05) is 11.1 Å². The summed E-state index contributed by atoms with van der Waals surface area (Å²) in [6.07, 6.45) is 0. The lowest BCUT2D eigenvalue weighted by atomic mass is 9.69. The van der Waals surface area contributed by atoms with Gasteiger partial charge in [0.25, 0.3) is 0 Å². The number of fused-ring (bicyclic) bond motifs is 12. The average molecular weight is 713 g/mol. The largest absolute Gasteiger partial charge is 0.469 e. The molecule has 4 aliphatic rings. The van der Waals surface area contributed by atoms with Gasteiger partial charge in [0.1, 0.15) is 11.2 Å². The molecule has 4 heteroatoms. The first-order chi connectivity index (χ1) is 26.7. The molecule has 0 amide bonds. The lowest BCUT2D eigenvalue weighted by Gasteiger charge is -2.31. The summed E-state index contributed by atoms with van der Waals surface area (Å²) in [5.41, 5.74) is 16.4. The first-order valence-electron chi connectivity index (χ1n) is 19.3. The molecule has 0 fully saturated rings. The summed E-state index contributed by atoms with van der Waals surface area (Å²) in [5, 5.41) is 2.51. The third-order valence-electron chi connectivity index (χ3n) is 11.9. The van der Waals surface area contributed by atoms with Crippen LogP contribution in [0.4, 0.5) is 0 Å². The fourth-order valence-electron chi connectivity index (χ4n) is 9.42. The van der Waals surface area contributed by atoms with Crippen LogP contribution in [-0.2, 0) is 14.9 Å². The Labute approximate surface area is 321 Å². The molecule has 0 saturated heterocycles. The summed E-state index contributed by atoms with van der Waals surface area (Å²) in [6, 6.07) is 54.2. The van der Waals surface area contributed by atoms with E-state index in [0.717, 1.165) is 22.9 Å². The molecular formula is C51H40N2O2. The Balaban J connectivity index is 1.06. The fourth-order valence-corrected chi connectivity index (χ4v) is 9.42. The molecule has 0 unspecified atom stereocenters. The van der Waals surface area contributed by atoms with E-state index < -0.39 is 5.41 Å². The minimum atomic E-state index is -0.468. The summed E-state index contributed by atoms with van der Waals surface area (Å²) in [4.78, 5) is 9.33. The second-order valence-corrected chi connectivity index (χ2v) is 16.6. The van der Waals surface area contributed by atoms with Gasteiger partial charge in [0.05, 0.1) is 18.5 Å². The zero-order chi connectivity index (χ0) is 37.1. The van der Waals surface area contributed by atoms with Crippen LogP contribution in [0, 0.1) is 0 Å². The Morgan fingerprint density at radius 3 is 1.42 bits per heavy atom. The SMILES string of the molecule is CC1(C)CN=C(c2ccc(-c3ccc4c(c3)C3(c5ccccc5-c5ccccc53)c3c-4ccc4cc(-c5ccc(C6=NCC(C)(C)O6)cc5)ccc34)cc2)O1. The van der Waals surface area contributed by atoms with Gasteiger partial charge in [-0.2, -0.15) is 0 Å². The summed E-state index contributed by atoms with van der Waals surface area (Å²) in [6.45, 7) is 9.68. The van der Waals surface area contributed by atoms with E-state index in [-0.39, 0.29) is 11.2 Å². The molecule has 0 atom stereocenters. The molecule has 55 heavy (non-hydrogen) atoms. The molecule has 7 aromatic rings. The lowest BCUT2D eigenvalue weighted by molar-refractivity contribution is 0.131. The Morgan fingerprint density at radius 2 is 0.873 bits per heavy atom. The van der Waals surface area contributed by atoms with Gasteiger partial charge in [-0.3, -0.25) is 0 Å². The zero-order valence-electron chi connectivity index (χ0n) is 31.5. The average Bonchev–Trinajstić information content (AvgIpc) is 3.94.